The van der Waals surface area contributed by atoms with Gasteiger partial charge in [0.05, 0.1) is 5.25 Å². The molecule has 2 aromatic rings. The standard InChI is InChI=1S/C16H19N3OS/c1-12(21-16-17-8-10-18(16)2)15(20)19-9-7-13-5-3-4-6-14(13)11-19/h3-6,8,10,12H,7,9,11H2,1-2H3/t12-/m0/s1. The van der Waals surface area contributed by atoms with Crippen LogP contribution in [-0.2, 0) is 24.8 Å². The van der Waals surface area contributed by atoms with Crippen molar-refractivity contribution in [1.29, 1.82) is 0 Å². The lowest BCUT2D eigenvalue weighted by Crippen LogP contribution is -2.40. The summed E-state index contributed by atoms with van der Waals surface area (Å²) in [7, 11) is 1.95. The van der Waals surface area contributed by atoms with E-state index in [0.29, 0.717) is 0 Å². The van der Waals surface area contributed by atoms with Gasteiger partial charge in [-0.05, 0) is 24.5 Å². The summed E-state index contributed by atoms with van der Waals surface area (Å²) in [6.07, 6.45) is 4.61. The van der Waals surface area contributed by atoms with Crippen molar-refractivity contribution < 1.29 is 4.79 Å². The van der Waals surface area contributed by atoms with Crippen LogP contribution >= 0.6 is 11.8 Å². The minimum absolute atomic E-state index is 0.114. The van der Waals surface area contributed by atoms with Gasteiger partial charge in [-0.15, -0.1) is 0 Å². The van der Waals surface area contributed by atoms with E-state index in [1.807, 2.05) is 35.7 Å². The molecule has 1 aromatic carbocycles. The van der Waals surface area contributed by atoms with E-state index in [1.165, 1.54) is 22.9 Å². The van der Waals surface area contributed by atoms with E-state index in [2.05, 4.69) is 23.2 Å². The van der Waals surface area contributed by atoms with Crippen LogP contribution < -0.4 is 0 Å². The van der Waals surface area contributed by atoms with Crippen molar-refractivity contribution in [3.63, 3.8) is 0 Å². The Morgan fingerprint density at radius 1 is 1.33 bits per heavy atom. The van der Waals surface area contributed by atoms with Crippen LogP contribution in [-0.4, -0.2) is 32.2 Å². The number of imidazole rings is 1. The number of nitrogens with zero attached hydrogens (tertiary/aromatic N) is 3. The first-order valence-corrected chi connectivity index (χ1v) is 8.02. The van der Waals surface area contributed by atoms with Gasteiger partial charge in [0.2, 0.25) is 5.91 Å². The molecule has 0 unspecified atom stereocenters. The summed E-state index contributed by atoms with van der Waals surface area (Å²) in [4.78, 5) is 18.8. The SMILES string of the molecule is C[C@H](Sc1nccn1C)C(=O)N1CCc2ccccc2C1. The molecule has 1 amide bonds. The lowest BCUT2D eigenvalue weighted by molar-refractivity contribution is -0.131. The molecule has 3 rings (SSSR count). The number of thioether (sulfide) groups is 1. The Morgan fingerprint density at radius 2 is 2.10 bits per heavy atom. The third-order valence-electron chi connectivity index (χ3n) is 3.85. The van der Waals surface area contributed by atoms with E-state index in [0.717, 1.165) is 24.7 Å². The summed E-state index contributed by atoms with van der Waals surface area (Å²) < 4.78 is 1.94. The van der Waals surface area contributed by atoms with Gasteiger partial charge in [0, 0.05) is 32.5 Å². The molecule has 1 aliphatic heterocycles. The molecule has 2 heterocycles. The number of aryl methyl sites for hydroxylation is 1. The lowest BCUT2D eigenvalue weighted by atomic mass is 10.00. The van der Waals surface area contributed by atoms with Crippen molar-refractivity contribution in [2.24, 2.45) is 7.05 Å². The molecule has 0 bridgehead atoms. The van der Waals surface area contributed by atoms with Crippen LogP contribution in [0.15, 0.2) is 41.8 Å². The van der Waals surface area contributed by atoms with Crippen LogP contribution in [0.25, 0.3) is 0 Å². The molecule has 4 nitrogen and oxygen atoms in total. The number of carbonyl (C=O) groups is 1. The van der Waals surface area contributed by atoms with Gasteiger partial charge >= 0.3 is 0 Å². The fourth-order valence-electron chi connectivity index (χ4n) is 2.61. The molecule has 1 aromatic heterocycles. The van der Waals surface area contributed by atoms with E-state index in [4.69, 9.17) is 0 Å². The van der Waals surface area contributed by atoms with Gasteiger partial charge in [0.15, 0.2) is 5.16 Å². The van der Waals surface area contributed by atoms with E-state index >= 15 is 0 Å². The fraction of sp³-hybridized carbons (Fsp3) is 0.375. The minimum atomic E-state index is -0.114. The highest BCUT2D eigenvalue weighted by atomic mass is 32.2. The number of amides is 1. The van der Waals surface area contributed by atoms with Crippen molar-refractivity contribution in [1.82, 2.24) is 14.5 Å². The zero-order chi connectivity index (χ0) is 14.8. The molecule has 0 fully saturated rings. The molecule has 110 valence electrons. The zero-order valence-electron chi connectivity index (χ0n) is 12.3. The van der Waals surface area contributed by atoms with Crippen LogP contribution in [0.5, 0.6) is 0 Å². The highest BCUT2D eigenvalue weighted by Crippen LogP contribution is 2.25. The normalized spacial score (nSPS) is 15.6. The molecular weight excluding hydrogens is 282 g/mol. The predicted molar refractivity (Wildman–Crippen MR) is 84.1 cm³/mol. The van der Waals surface area contributed by atoms with Gasteiger partial charge in [-0.3, -0.25) is 4.79 Å². The Morgan fingerprint density at radius 3 is 2.81 bits per heavy atom. The van der Waals surface area contributed by atoms with Crippen molar-refractivity contribution in [3.8, 4) is 0 Å². The third kappa shape index (κ3) is 2.97. The van der Waals surface area contributed by atoms with Crippen molar-refractivity contribution in [3.05, 3.63) is 47.8 Å². The Labute approximate surface area is 129 Å². The Kier molecular flexibility index (Phi) is 4.01. The summed E-state index contributed by atoms with van der Waals surface area (Å²) in [5.74, 6) is 0.192. The maximum absolute atomic E-state index is 12.6. The lowest BCUT2D eigenvalue weighted by Gasteiger charge is -2.30. The Hall–Kier alpha value is -1.75. The summed E-state index contributed by atoms with van der Waals surface area (Å²) in [5, 5.41) is 0.768. The van der Waals surface area contributed by atoms with Crippen molar-refractivity contribution in [2.45, 2.75) is 30.3 Å². The second kappa shape index (κ2) is 5.93. The largest absolute Gasteiger partial charge is 0.337 e. The maximum Gasteiger partial charge on any atom is 0.236 e. The fourth-order valence-corrected chi connectivity index (χ4v) is 3.53. The van der Waals surface area contributed by atoms with Gasteiger partial charge in [-0.25, -0.2) is 4.98 Å². The molecule has 0 saturated heterocycles. The molecule has 21 heavy (non-hydrogen) atoms. The van der Waals surface area contributed by atoms with Crippen molar-refractivity contribution >= 4 is 17.7 Å². The van der Waals surface area contributed by atoms with E-state index in [9.17, 15) is 4.79 Å². The number of hydrogen-bond donors (Lipinski definition) is 0. The van der Waals surface area contributed by atoms with Gasteiger partial charge in [0.25, 0.3) is 0 Å². The number of aromatic nitrogens is 2. The first kappa shape index (κ1) is 14.2. The zero-order valence-corrected chi connectivity index (χ0v) is 13.1. The molecular formula is C16H19N3OS. The molecule has 1 atom stereocenters. The van der Waals surface area contributed by atoms with Gasteiger partial charge in [-0.2, -0.15) is 0 Å². The topological polar surface area (TPSA) is 38.1 Å². The highest BCUT2D eigenvalue weighted by Gasteiger charge is 2.25. The van der Waals surface area contributed by atoms with Crippen LogP contribution in [0.1, 0.15) is 18.1 Å². The van der Waals surface area contributed by atoms with E-state index < -0.39 is 0 Å². The number of fused-ring (bicyclic) bond motifs is 1. The average molecular weight is 301 g/mol. The number of carbonyl (C=O) groups excluding carboxylic acids is 1. The van der Waals surface area contributed by atoms with Crippen LogP contribution in [0.2, 0.25) is 0 Å². The van der Waals surface area contributed by atoms with Gasteiger partial charge in [-0.1, -0.05) is 36.0 Å². The van der Waals surface area contributed by atoms with Crippen LogP contribution in [0, 0.1) is 0 Å². The average Bonchev–Trinajstić information content (AvgIpc) is 2.91. The van der Waals surface area contributed by atoms with Crippen molar-refractivity contribution in [2.75, 3.05) is 6.54 Å². The van der Waals surface area contributed by atoms with E-state index in [-0.39, 0.29) is 11.2 Å². The number of benzene rings is 1. The third-order valence-corrected chi connectivity index (χ3v) is 5.01. The van der Waals surface area contributed by atoms with Gasteiger partial charge < -0.3 is 9.47 Å². The highest BCUT2D eigenvalue weighted by molar-refractivity contribution is 8.00. The summed E-state index contributed by atoms with van der Waals surface area (Å²) in [5.41, 5.74) is 2.64. The second-order valence-electron chi connectivity index (χ2n) is 5.36. The molecule has 0 aliphatic carbocycles. The first-order chi connectivity index (χ1) is 10.1. The Balaban J connectivity index is 1.67. The summed E-state index contributed by atoms with van der Waals surface area (Å²) >= 11 is 1.52. The molecule has 0 saturated carbocycles. The van der Waals surface area contributed by atoms with Crippen LogP contribution in [0.3, 0.4) is 0 Å². The summed E-state index contributed by atoms with van der Waals surface area (Å²) in [6.45, 7) is 3.49. The first-order valence-electron chi connectivity index (χ1n) is 7.14. The number of hydrogen-bond acceptors (Lipinski definition) is 3. The molecule has 1 aliphatic rings. The number of rotatable bonds is 3. The Bertz CT molecular complexity index is 652. The van der Waals surface area contributed by atoms with Gasteiger partial charge in [0.1, 0.15) is 0 Å². The quantitative estimate of drug-likeness (QED) is 0.818. The smallest absolute Gasteiger partial charge is 0.236 e. The molecule has 0 N–H and O–H groups in total. The van der Waals surface area contributed by atoms with Crippen LogP contribution in [0.4, 0.5) is 0 Å². The summed E-state index contributed by atoms with van der Waals surface area (Å²) in [6, 6.07) is 8.38. The monoisotopic (exact) mass is 301 g/mol. The minimum Gasteiger partial charge on any atom is -0.337 e. The molecule has 0 radical (unpaired) electrons. The van der Waals surface area contributed by atoms with E-state index in [1.54, 1.807) is 6.20 Å². The predicted octanol–water partition coefficient (Wildman–Crippen LogP) is 2.49. The second-order valence-corrected chi connectivity index (χ2v) is 6.67. The molecule has 0 spiro atoms. The maximum atomic E-state index is 12.6. The molecule has 5 heteroatoms.